The van der Waals surface area contributed by atoms with Crippen molar-refractivity contribution in [2.45, 2.75) is 17.0 Å². The summed E-state index contributed by atoms with van der Waals surface area (Å²) in [5, 5.41) is 10.3. The Bertz CT molecular complexity index is 662. The molecule has 128 valence electrons. The van der Waals surface area contributed by atoms with Crippen LogP contribution in [0.3, 0.4) is 0 Å². The third-order valence-corrected chi connectivity index (χ3v) is 6.49. The molecule has 1 N–H and O–H groups in total. The van der Waals surface area contributed by atoms with Crippen molar-refractivity contribution < 1.29 is 17.9 Å². The largest absolute Gasteiger partial charge is 0.390 e. The van der Waals surface area contributed by atoms with Gasteiger partial charge in [0.15, 0.2) is 0 Å². The second kappa shape index (κ2) is 6.45. The number of aliphatic hydroxyl groups excluding tert-OH is 1. The van der Waals surface area contributed by atoms with Crippen molar-refractivity contribution in [2.24, 2.45) is 0 Å². The van der Waals surface area contributed by atoms with Crippen LogP contribution in [0.4, 0.5) is 4.39 Å². The van der Waals surface area contributed by atoms with E-state index in [-0.39, 0.29) is 24.0 Å². The number of likely N-dealkylation sites (N-methyl/N-ethyl adjacent to an activating group) is 1. The highest BCUT2D eigenvalue weighted by Gasteiger charge is 2.41. The lowest BCUT2D eigenvalue weighted by Crippen LogP contribution is -2.52. The molecule has 1 aromatic rings. The molecular formula is C15H22FN3O3S. The van der Waals surface area contributed by atoms with E-state index in [1.807, 2.05) is 7.05 Å². The Morgan fingerprint density at radius 1 is 1.17 bits per heavy atom. The van der Waals surface area contributed by atoms with Gasteiger partial charge in [-0.2, -0.15) is 4.31 Å². The molecule has 0 amide bonds. The van der Waals surface area contributed by atoms with E-state index in [0.29, 0.717) is 0 Å². The fourth-order valence-corrected chi connectivity index (χ4v) is 4.73. The second-order valence-corrected chi connectivity index (χ2v) is 8.19. The average Bonchev–Trinajstić information content (AvgIpc) is 2.91. The summed E-state index contributed by atoms with van der Waals surface area (Å²) in [6, 6.07) is 4.79. The maximum atomic E-state index is 13.3. The number of nitrogens with zero attached hydrogens (tertiary/aromatic N) is 3. The fourth-order valence-electron chi connectivity index (χ4n) is 3.22. The number of piperazine rings is 1. The van der Waals surface area contributed by atoms with Gasteiger partial charge in [-0.3, -0.25) is 4.90 Å². The van der Waals surface area contributed by atoms with E-state index in [1.165, 1.54) is 22.5 Å². The van der Waals surface area contributed by atoms with Gasteiger partial charge in [0.1, 0.15) is 5.82 Å². The van der Waals surface area contributed by atoms with Gasteiger partial charge >= 0.3 is 0 Å². The molecule has 2 heterocycles. The van der Waals surface area contributed by atoms with Gasteiger partial charge in [-0.1, -0.05) is 6.07 Å². The molecular weight excluding hydrogens is 321 g/mol. The van der Waals surface area contributed by atoms with Crippen LogP contribution in [0.2, 0.25) is 0 Å². The van der Waals surface area contributed by atoms with Gasteiger partial charge in [-0.05, 0) is 25.2 Å². The van der Waals surface area contributed by atoms with Crippen LogP contribution in [-0.2, 0) is 10.0 Å². The third kappa shape index (κ3) is 3.41. The molecule has 6 nitrogen and oxygen atoms in total. The SMILES string of the molecule is CN1CCN([C@@H]2CN(S(=O)(=O)c3cccc(F)c3)C[C@H]2O)CC1. The third-order valence-electron chi connectivity index (χ3n) is 4.67. The summed E-state index contributed by atoms with van der Waals surface area (Å²) in [4.78, 5) is 4.29. The van der Waals surface area contributed by atoms with E-state index >= 15 is 0 Å². The zero-order valence-corrected chi connectivity index (χ0v) is 13.9. The first kappa shape index (κ1) is 16.8. The maximum Gasteiger partial charge on any atom is 0.243 e. The summed E-state index contributed by atoms with van der Waals surface area (Å²) in [6.07, 6.45) is -0.721. The topological polar surface area (TPSA) is 64.1 Å². The van der Waals surface area contributed by atoms with Crippen LogP contribution < -0.4 is 0 Å². The standard InChI is InChI=1S/C15H22FN3O3S/c1-17-5-7-18(8-6-17)14-10-19(11-15(14)20)23(21,22)13-4-2-3-12(16)9-13/h2-4,9,14-15,20H,5-8,10-11H2,1H3/t14-,15-/m1/s1. The molecule has 0 unspecified atom stereocenters. The van der Waals surface area contributed by atoms with Gasteiger partial charge in [0.05, 0.1) is 17.0 Å². The molecule has 3 rings (SSSR count). The van der Waals surface area contributed by atoms with Gasteiger partial charge < -0.3 is 10.0 Å². The minimum atomic E-state index is -3.78. The number of β-amino-alcohol motifs (C(OH)–C–C–N with tert-alkyl or cyclic N) is 1. The lowest BCUT2D eigenvalue weighted by Gasteiger charge is -2.37. The first-order valence-corrected chi connectivity index (χ1v) is 9.18. The van der Waals surface area contributed by atoms with E-state index in [2.05, 4.69) is 9.80 Å². The van der Waals surface area contributed by atoms with Gasteiger partial charge in [0.25, 0.3) is 0 Å². The van der Waals surface area contributed by atoms with Crippen molar-refractivity contribution in [1.82, 2.24) is 14.1 Å². The number of aliphatic hydroxyl groups is 1. The summed E-state index contributed by atoms with van der Waals surface area (Å²) in [6.45, 7) is 3.72. The molecule has 0 saturated carbocycles. The van der Waals surface area contributed by atoms with Gasteiger partial charge in [-0.15, -0.1) is 0 Å². The predicted octanol–water partition coefficient (Wildman–Crippen LogP) is -0.193. The molecule has 1 aromatic carbocycles. The zero-order valence-electron chi connectivity index (χ0n) is 13.1. The van der Waals surface area contributed by atoms with Gasteiger partial charge in [0, 0.05) is 39.3 Å². The van der Waals surface area contributed by atoms with E-state index in [0.717, 1.165) is 32.2 Å². The number of benzene rings is 1. The molecule has 2 aliphatic rings. The Kier molecular flexibility index (Phi) is 4.70. The van der Waals surface area contributed by atoms with Crippen LogP contribution in [0, 0.1) is 5.82 Å². The lowest BCUT2D eigenvalue weighted by molar-refractivity contribution is 0.0512. The van der Waals surface area contributed by atoms with Crippen molar-refractivity contribution in [3.8, 4) is 0 Å². The minimum Gasteiger partial charge on any atom is -0.390 e. The van der Waals surface area contributed by atoms with E-state index < -0.39 is 21.9 Å². The van der Waals surface area contributed by atoms with Crippen LogP contribution in [0.25, 0.3) is 0 Å². The lowest BCUT2D eigenvalue weighted by atomic mass is 10.1. The Hall–Kier alpha value is -1.06. The van der Waals surface area contributed by atoms with Crippen molar-refractivity contribution in [2.75, 3.05) is 46.3 Å². The summed E-state index contributed by atoms with van der Waals surface area (Å²) in [7, 11) is -1.74. The van der Waals surface area contributed by atoms with E-state index in [1.54, 1.807) is 0 Å². The molecule has 8 heteroatoms. The number of sulfonamides is 1. The molecule has 0 radical (unpaired) electrons. The summed E-state index contributed by atoms with van der Waals surface area (Å²) in [5.41, 5.74) is 0. The molecule has 0 spiro atoms. The smallest absolute Gasteiger partial charge is 0.243 e. The molecule has 2 aliphatic heterocycles. The molecule has 2 saturated heterocycles. The Morgan fingerprint density at radius 2 is 1.87 bits per heavy atom. The highest BCUT2D eigenvalue weighted by atomic mass is 32.2. The first-order valence-electron chi connectivity index (χ1n) is 7.74. The number of hydrogen-bond donors (Lipinski definition) is 1. The molecule has 2 fully saturated rings. The molecule has 0 aliphatic carbocycles. The summed E-state index contributed by atoms with van der Waals surface area (Å²) < 4.78 is 39.8. The van der Waals surface area contributed by atoms with Crippen LogP contribution in [0.5, 0.6) is 0 Å². The zero-order chi connectivity index (χ0) is 16.6. The van der Waals surface area contributed by atoms with Crippen molar-refractivity contribution >= 4 is 10.0 Å². The normalized spacial score (nSPS) is 28.3. The quantitative estimate of drug-likeness (QED) is 0.824. The highest BCUT2D eigenvalue weighted by molar-refractivity contribution is 7.89. The first-order chi connectivity index (χ1) is 10.9. The number of rotatable bonds is 3. The van der Waals surface area contributed by atoms with Crippen LogP contribution >= 0.6 is 0 Å². The minimum absolute atomic E-state index is 0.0514. The second-order valence-electron chi connectivity index (χ2n) is 6.25. The Morgan fingerprint density at radius 3 is 2.52 bits per heavy atom. The Labute approximate surface area is 136 Å². The van der Waals surface area contributed by atoms with E-state index in [9.17, 15) is 17.9 Å². The maximum absolute atomic E-state index is 13.3. The Balaban J connectivity index is 1.75. The average molecular weight is 343 g/mol. The van der Waals surface area contributed by atoms with Gasteiger partial charge in [0.2, 0.25) is 10.0 Å². The number of hydrogen-bond acceptors (Lipinski definition) is 5. The molecule has 23 heavy (non-hydrogen) atoms. The predicted molar refractivity (Wildman–Crippen MR) is 84.0 cm³/mol. The van der Waals surface area contributed by atoms with Crippen molar-refractivity contribution in [3.63, 3.8) is 0 Å². The van der Waals surface area contributed by atoms with E-state index in [4.69, 9.17) is 0 Å². The fraction of sp³-hybridized carbons (Fsp3) is 0.600. The molecule has 0 bridgehead atoms. The van der Waals surface area contributed by atoms with Crippen molar-refractivity contribution in [1.29, 1.82) is 0 Å². The summed E-state index contributed by atoms with van der Waals surface area (Å²) in [5.74, 6) is -0.582. The van der Waals surface area contributed by atoms with Crippen molar-refractivity contribution in [3.05, 3.63) is 30.1 Å². The monoisotopic (exact) mass is 343 g/mol. The highest BCUT2D eigenvalue weighted by Crippen LogP contribution is 2.25. The molecule has 2 atom stereocenters. The van der Waals surface area contributed by atoms with Crippen LogP contribution in [0.1, 0.15) is 0 Å². The summed E-state index contributed by atoms with van der Waals surface area (Å²) >= 11 is 0. The number of halogens is 1. The van der Waals surface area contributed by atoms with Crippen LogP contribution in [0.15, 0.2) is 29.2 Å². The van der Waals surface area contributed by atoms with Gasteiger partial charge in [-0.25, -0.2) is 12.8 Å². The van der Waals surface area contributed by atoms with Crippen LogP contribution in [-0.4, -0.2) is 86.1 Å². The molecule has 0 aromatic heterocycles.